The molecule has 169 valence electrons. The summed E-state index contributed by atoms with van der Waals surface area (Å²) in [5.74, 6) is 0.0573. The molecule has 0 atom stereocenters. The molecule has 0 spiro atoms. The summed E-state index contributed by atoms with van der Waals surface area (Å²) in [6.45, 7) is 11.5. The molecular formula is C27H28IrN2O2-2. The Morgan fingerprint density at radius 3 is 2.47 bits per heavy atom. The number of ketones is 1. The van der Waals surface area contributed by atoms with Crippen molar-refractivity contribution in [2.24, 2.45) is 0 Å². The van der Waals surface area contributed by atoms with Crippen LogP contribution < -0.4 is 0 Å². The molecule has 2 heterocycles. The van der Waals surface area contributed by atoms with Crippen molar-refractivity contribution in [3.05, 3.63) is 83.0 Å². The number of aromatic nitrogens is 1. The van der Waals surface area contributed by atoms with Gasteiger partial charge in [-0.3, -0.25) is 9.78 Å². The van der Waals surface area contributed by atoms with Crippen molar-refractivity contribution < 1.29 is 29.3 Å². The Bertz CT molecular complexity index is 1230. The standard InChI is InChI=1S/C19H14NO.C8H15NO.Ir/c1-12-9-13(2)11-14(10-12)18-16-7-8-21-19(16)15-5-3-4-6-17(15)20-18;1-6(2)9-7(3)5-8(4)10;/h3-10H,1-2H3;5-6H,1-4H3,(H,9,10);/q-1;;/p-1. The topological polar surface area (TPSA) is 57.2 Å². The van der Waals surface area contributed by atoms with Crippen LogP contribution in [0.15, 0.2) is 64.9 Å². The molecule has 5 heteroatoms. The van der Waals surface area contributed by atoms with Gasteiger partial charge in [0.15, 0.2) is 5.78 Å². The Morgan fingerprint density at radius 1 is 1.09 bits per heavy atom. The maximum absolute atomic E-state index is 10.5. The zero-order chi connectivity index (χ0) is 22.5. The maximum Gasteiger partial charge on any atom is 0.151 e. The number of rotatable bonds is 4. The number of nitrogens with zero attached hydrogens (tertiary/aromatic N) is 2. The molecule has 0 aliphatic heterocycles. The van der Waals surface area contributed by atoms with Crippen molar-refractivity contribution in [2.75, 3.05) is 0 Å². The van der Waals surface area contributed by atoms with E-state index in [0.717, 1.165) is 44.4 Å². The van der Waals surface area contributed by atoms with E-state index in [1.54, 1.807) is 12.3 Å². The molecule has 32 heavy (non-hydrogen) atoms. The number of carbonyl (C=O) groups excluding carboxylic acids is 1. The number of allylic oxidation sites excluding steroid dienone is 2. The van der Waals surface area contributed by atoms with E-state index < -0.39 is 0 Å². The van der Waals surface area contributed by atoms with Crippen molar-refractivity contribution in [2.45, 2.75) is 47.6 Å². The summed E-state index contributed by atoms with van der Waals surface area (Å²) in [5, 5.41) is 6.24. The number of hydrogen-bond donors (Lipinski definition) is 0. The van der Waals surface area contributed by atoms with Crippen molar-refractivity contribution >= 4 is 27.7 Å². The molecule has 4 nitrogen and oxygen atoms in total. The molecule has 4 rings (SSSR count). The van der Waals surface area contributed by atoms with Gasteiger partial charge in [0.25, 0.3) is 0 Å². The zero-order valence-electron chi connectivity index (χ0n) is 19.3. The largest absolute Gasteiger partial charge is 0.686 e. The number of carbonyl (C=O) groups is 1. The van der Waals surface area contributed by atoms with Crippen LogP contribution in [-0.2, 0) is 24.9 Å². The van der Waals surface area contributed by atoms with Crippen LogP contribution >= 0.6 is 0 Å². The first kappa shape index (κ1) is 25.5. The van der Waals surface area contributed by atoms with E-state index in [-0.39, 0.29) is 31.9 Å². The fraction of sp³-hybridized carbons (Fsp3) is 0.259. The SMILES string of the molecule is CC(=O)/C=C(/C)[N-]C(C)C.Cc1[c-]c(-c2nc3ccccc3c3occc23)cc(C)c1.[Ir]. The summed E-state index contributed by atoms with van der Waals surface area (Å²) in [5.41, 5.74) is 6.94. The van der Waals surface area contributed by atoms with Crippen LogP contribution in [0.3, 0.4) is 0 Å². The van der Waals surface area contributed by atoms with Crippen molar-refractivity contribution in [3.63, 3.8) is 0 Å². The van der Waals surface area contributed by atoms with Gasteiger partial charge in [-0.2, -0.15) is 5.70 Å². The second-order valence-corrected chi connectivity index (χ2v) is 8.01. The number of benzene rings is 2. The van der Waals surface area contributed by atoms with Crippen LogP contribution in [0.5, 0.6) is 0 Å². The van der Waals surface area contributed by atoms with Crippen molar-refractivity contribution in [1.29, 1.82) is 0 Å². The first-order valence-electron chi connectivity index (χ1n) is 10.4. The minimum atomic E-state index is 0. The third-order valence-electron chi connectivity index (χ3n) is 4.58. The summed E-state index contributed by atoms with van der Waals surface area (Å²) in [6, 6.07) is 18.0. The minimum absolute atomic E-state index is 0. The number of furan rings is 1. The monoisotopic (exact) mass is 605 g/mol. The van der Waals surface area contributed by atoms with Gasteiger partial charge < -0.3 is 9.73 Å². The van der Waals surface area contributed by atoms with Gasteiger partial charge in [0.05, 0.1) is 11.8 Å². The maximum atomic E-state index is 10.5. The molecule has 0 aliphatic rings. The van der Waals surface area contributed by atoms with Crippen molar-refractivity contribution in [3.8, 4) is 11.3 Å². The fourth-order valence-corrected chi connectivity index (χ4v) is 3.62. The Hall–Kier alpha value is -2.75. The quantitative estimate of drug-likeness (QED) is 0.181. The molecule has 0 N–H and O–H groups in total. The number of pyridine rings is 1. The fourth-order valence-electron chi connectivity index (χ4n) is 3.62. The molecule has 0 saturated heterocycles. The van der Waals surface area contributed by atoms with Gasteiger partial charge in [0, 0.05) is 30.9 Å². The summed E-state index contributed by atoms with van der Waals surface area (Å²) in [7, 11) is 0. The zero-order valence-corrected chi connectivity index (χ0v) is 21.7. The minimum Gasteiger partial charge on any atom is -0.686 e. The van der Waals surface area contributed by atoms with E-state index in [1.807, 2.05) is 51.1 Å². The van der Waals surface area contributed by atoms with Gasteiger partial charge in [0.2, 0.25) is 0 Å². The van der Waals surface area contributed by atoms with E-state index in [9.17, 15) is 4.79 Å². The molecule has 2 aromatic heterocycles. The average molecular weight is 605 g/mol. The van der Waals surface area contributed by atoms with Crippen LogP contribution in [0.1, 0.15) is 38.8 Å². The molecule has 0 unspecified atom stereocenters. The van der Waals surface area contributed by atoms with E-state index in [1.165, 1.54) is 12.5 Å². The molecule has 1 radical (unpaired) electrons. The summed E-state index contributed by atoms with van der Waals surface area (Å²) in [4.78, 5) is 15.3. The summed E-state index contributed by atoms with van der Waals surface area (Å²) in [6.07, 6.45) is 3.27. The average Bonchev–Trinajstić information content (AvgIpc) is 3.16. The second-order valence-electron chi connectivity index (χ2n) is 8.01. The first-order valence-corrected chi connectivity index (χ1v) is 10.4. The summed E-state index contributed by atoms with van der Waals surface area (Å²) >= 11 is 0. The number of para-hydroxylation sites is 1. The number of fused-ring (bicyclic) bond motifs is 3. The predicted octanol–water partition coefficient (Wildman–Crippen LogP) is 7.32. The molecule has 0 fully saturated rings. The van der Waals surface area contributed by atoms with Crippen LogP contribution in [-0.4, -0.2) is 16.8 Å². The second kappa shape index (κ2) is 11.2. The molecule has 0 saturated carbocycles. The van der Waals surface area contributed by atoms with Gasteiger partial charge in [0.1, 0.15) is 5.58 Å². The first-order chi connectivity index (χ1) is 14.7. The molecule has 0 aliphatic carbocycles. The Labute approximate surface area is 203 Å². The van der Waals surface area contributed by atoms with Crippen LogP contribution in [0.4, 0.5) is 0 Å². The molecule has 2 aromatic carbocycles. The summed E-state index contributed by atoms with van der Waals surface area (Å²) < 4.78 is 5.70. The Kier molecular flexibility index (Phi) is 8.94. The van der Waals surface area contributed by atoms with Crippen LogP contribution in [0.2, 0.25) is 0 Å². The van der Waals surface area contributed by atoms with Gasteiger partial charge in [-0.05, 0) is 36.9 Å². The van der Waals surface area contributed by atoms with Gasteiger partial charge in [-0.25, -0.2) is 0 Å². The molecular weight excluding hydrogens is 577 g/mol. The number of hydrogen-bond acceptors (Lipinski definition) is 3. The third-order valence-corrected chi connectivity index (χ3v) is 4.58. The van der Waals surface area contributed by atoms with Gasteiger partial charge in [-0.1, -0.05) is 46.8 Å². The van der Waals surface area contributed by atoms with Crippen molar-refractivity contribution in [1.82, 2.24) is 4.98 Å². The van der Waals surface area contributed by atoms with E-state index >= 15 is 0 Å². The Morgan fingerprint density at radius 2 is 1.81 bits per heavy atom. The van der Waals surface area contributed by atoms with Crippen LogP contribution in [0, 0.1) is 19.9 Å². The Balaban J connectivity index is 0.000000285. The van der Waals surface area contributed by atoms with E-state index in [0.29, 0.717) is 0 Å². The molecule has 0 bridgehead atoms. The smallest absolute Gasteiger partial charge is 0.151 e. The van der Waals surface area contributed by atoms with E-state index in [4.69, 9.17) is 9.40 Å². The number of aryl methyl sites for hydroxylation is 2. The third kappa shape index (κ3) is 6.38. The predicted molar refractivity (Wildman–Crippen MR) is 128 cm³/mol. The van der Waals surface area contributed by atoms with Gasteiger partial charge >= 0.3 is 0 Å². The molecule has 4 aromatic rings. The van der Waals surface area contributed by atoms with Crippen LogP contribution in [0.25, 0.3) is 38.4 Å². The van der Waals surface area contributed by atoms with Gasteiger partial charge in [-0.15, -0.1) is 40.9 Å². The molecule has 0 amide bonds. The normalized spacial score (nSPS) is 11.2. The van der Waals surface area contributed by atoms with E-state index in [2.05, 4.69) is 37.4 Å².